The number of nitrogen functional groups attached to an aromatic ring is 1. The molecule has 2 aromatic carbocycles. The Morgan fingerprint density at radius 1 is 1.11 bits per heavy atom. The largest absolute Gasteiger partial charge is 0.383 e. The molecule has 5 nitrogen and oxygen atoms in total. The standard InChI is InChI=1S/C22H24N5P/c23-14-20-21(25-27(22(20)24)19-7-4-12-26(28)15-19)18-10-8-17(9-11-18)13-16-5-2-1-3-6-16/h1-3,5-6,8-11,19H,4,7,12-13,15,24,28H2. The molecule has 0 saturated carbocycles. The molecule has 6 heteroatoms. The molecule has 0 amide bonds. The minimum Gasteiger partial charge on any atom is -0.383 e. The van der Waals surface area contributed by atoms with E-state index in [0.29, 0.717) is 17.1 Å². The first kappa shape index (κ1) is 18.7. The molecular weight excluding hydrogens is 365 g/mol. The highest BCUT2D eigenvalue weighted by Gasteiger charge is 2.25. The zero-order chi connectivity index (χ0) is 19.5. The average molecular weight is 389 g/mol. The molecule has 1 saturated heterocycles. The van der Waals surface area contributed by atoms with Crippen LogP contribution in [-0.4, -0.2) is 27.5 Å². The summed E-state index contributed by atoms with van der Waals surface area (Å²) in [5.74, 6) is 0.469. The highest BCUT2D eigenvalue weighted by atomic mass is 31.0. The summed E-state index contributed by atoms with van der Waals surface area (Å²) in [7, 11) is 2.76. The summed E-state index contributed by atoms with van der Waals surface area (Å²) in [6.45, 7) is 1.93. The van der Waals surface area contributed by atoms with Gasteiger partial charge in [-0.1, -0.05) is 64.0 Å². The molecule has 1 fully saturated rings. The second-order valence-corrected chi connectivity index (χ2v) is 8.05. The Kier molecular flexibility index (Phi) is 5.43. The highest BCUT2D eigenvalue weighted by molar-refractivity contribution is 7.13. The van der Waals surface area contributed by atoms with E-state index in [9.17, 15) is 5.26 Å². The lowest BCUT2D eigenvalue weighted by atomic mass is 10.0. The minimum absolute atomic E-state index is 0.199. The highest BCUT2D eigenvalue weighted by Crippen LogP contribution is 2.32. The molecule has 0 radical (unpaired) electrons. The Balaban J connectivity index is 1.62. The third-order valence-electron chi connectivity index (χ3n) is 5.31. The number of hydrogen-bond donors (Lipinski definition) is 1. The van der Waals surface area contributed by atoms with Gasteiger partial charge in [-0.3, -0.25) is 4.67 Å². The summed E-state index contributed by atoms with van der Waals surface area (Å²) < 4.78 is 4.06. The van der Waals surface area contributed by atoms with Crippen LogP contribution in [0.2, 0.25) is 0 Å². The Bertz CT molecular complexity index is 988. The van der Waals surface area contributed by atoms with Crippen LogP contribution >= 0.6 is 9.39 Å². The van der Waals surface area contributed by atoms with Crippen molar-refractivity contribution in [3.63, 3.8) is 0 Å². The van der Waals surface area contributed by atoms with Crippen molar-refractivity contribution in [3.05, 3.63) is 71.3 Å². The van der Waals surface area contributed by atoms with Gasteiger partial charge in [-0.05, 0) is 30.4 Å². The van der Waals surface area contributed by atoms with E-state index in [0.717, 1.165) is 37.9 Å². The fourth-order valence-electron chi connectivity index (χ4n) is 3.83. The predicted molar refractivity (Wildman–Crippen MR) is 116 cm³/mol. The topological polar surface area (TPSA) is 70.9 Å². The smallest absolute Gasteiger partial charge is 0.140 e. The number of aromatic nitrogens is 2. The van der Waals surface area contributed by atoms with Crippen LogP contribution in [0.3, 0.4) is 0 Å². The lowest BCUT2D eigenvalue weighted by Crippen LogP contribution is -2.31. The number of anilines is 1. The van der Waals surface area contributed by atoms with Crippen molar-refractivity contribution < 1.29 is 0 Å². The monoisotopic (exact) mass is 389 g/mol. The van der Waals surface area contributed by atoms with E-state index in [-0.39, 0.29) is 6.04 Å². The van der Waals surface area contributed by atoms with E-state index < -0.39 is 0 Å². The fourth-order valence-corrected chi connectivity index (χ4v) is 4.26. The fraction of sp³-hybridized carbons (Fsp3) is 0.273. The van der Waals surface area contributed by atoms with E-state index in [1.54, 1.807) is 0 Å². The molecule has 2 heterocycles. The Morgan fingerprint density at radius 3 is 2.50 bits per heavy atom. The third kappa shape index (κ3) is 3.80. The summed E-state index contributed by atoms with van der Waals surface area (Å²) in [4.78, 5) is 0. The maximum Gasteiger partial charge on any atom is 0.140 e. The van der Waals surface area contributed by atoms with E-state index in [4.69, 9.17) is 10.8 Å². The maximum absolute atomic E-state index is 9.68. The molecule has 28 heavy (non-hydrogen) atoms. The number of hydrogen-bond acceptors (Lipinski definition) is 4. The van der Waals surface area contributed by atoms with Crippen LogP contribution in [0.25, 0.3) is 11.3 Å². The van der Waals surface area contributed by atoms with Crippen molar-refractivity contribution in [1.82, 2.24) is 14.5 Å². The van der Waals surface area contributed by atoms with Crippen LogP contribution in [0, 0.1) is 11.3 Å². The number of nitrogens with two attached hydrogens (primary N) is 1. The van der Waals surface area contributed by atoms with Gasteiger partial charge in [0.1, 0.15) is 23.1 Å². The summed E-state index contributed by atoms with van der Waals surface area (Å²) in [6, 6.07) is 21.1. The first-order chi connectivity index (χ1) is 13.7. The summed E-state index contributed by atoms with van der Waals surface area (Å²) in [5.41, 5.74) is 10.9. The van der Waals surface area contributed by atoms with Crippen LogP contribution in [0.5, 0.6) is 0 Å². The first-order valence-electron chi connectivity index (χ1n) is 9.56. The molecule has 1 aliphatic heterocycles. The van der Waals surface area contributed by atoms with Gasteiger partial charge in [-0.2, -0.15) is 10.4 Å². The maximum atomic E-state index is 9.68. The van der Waals surface area contributed by atoms with E-state index in [2.05, 4.69) is 56.5 Å². The predicted octanol–water partition coefficient (Wildman–Crippen LogP) is 4.02. The van der Waals surface area contributed by atoms with Crippen LogP contribution in [0.1, 0.15) is 35.6 Å². The second kappa shape index (κ2) is 8.14. The summed E-state index contributed by atoms with van der Waals surface area (Å²) in [5, 5.41) is 14.4. The van der Waals surface area contributed by atoms with Crippen molar-refractivity contribution in [2.75, 3.05) is 18.8 Å². The van der Waals surface area contributed by atoms with Gasteiger partial charge in [0.2, 0.25) is 0 Å². The Hall–Kier alpha value is -2.67. The Morgan fingerprint density at radius 2 is 1.82 bits per heavy atom. The molecule has 2 unspecified atom stereocenters. The van der Waals surface area contributed by atoms with Gasteiger partial charge >= 0.3 is 0 Å². The molecule has 2 atom stereocenters. The summed E-state index contributed by atoms with van der Waals surface area (Å²) in [6.07, 6.45) is 3.00. The van der Waals surface area contributed by atoms with Gasteiger partial charge < -0.3 is 5.73 Å². The van der Waals surface area contributed by atoms with Crippen molar-refractivity contribution in [2.45, 2.75) is 25.3 Å². The van der Waals surface area contributed by atoms with Crippen LogP contribution in [-0.2, 0) is 6.42 Å². The zero-order valence-corrected chi connectivity index (χ0v) is 16.9. The van der Waals surface area contributed by atoms with Crippen LogP contribution in [0.15, 0.2) is 54.6 Å². The van der Waals surface area contributed by atoms with Gasteiger partial charge in [-0.15, -0.1) is 0 Å². The van der Waals surface area contributed by atoms with Crippen LogP contribution in [0.4, 0.5) is 5.82 Å². The number of rotatable bonds is 4. The zero-order valence-electron chi connectivity index (χ0n) is 15.8. The number of nitrogens with zero attached hydrogens (tertiary/aromatic N) is 4. The van der Waals surface area contributed by atoms with Gasteiger partial charge in [0, 0.05) is 18.7 Å². The van der Waals surface area contributed by atoms with Gasteiger partial charge in [0.15, 0.2) is 0 Å². The first-order valence-corrected chi connectivity index (χ1v) is 10.1. The van der Waals surface area contributed by atoms with Crippen molar-refractivity contribution in [2.24, 2.45) is 0 Å². The lowest BCUT2D eigenvalue weighted by Gasteiger charge is -2.29. The molecule has 0 aliphatic carbocycles. The lowest BCUT2D eigenvalue weighted by molar-refractivity contribution is 0.271. The average Bonchev–Trinajstić information content (AvgIpc) is 3.05. The molecule has 0 bridgehead atoms. The van der Waals surface area contributed by atoms with E-state index in [1.807, 2.05) is 22.9 Å². The number of benzene rings is 2. The number of piperidine rings is 1. The molecular formula is C22H24N5P. The van der Waals surface area contributed by atoms with Crippen molar-refractivity contribution >= 4 is 15.2 Å². The van der Waals surface area contributed by atoms with Gasteiger partial charge in [0.25, 0.3) is 0 Å². The van der Waals surface area contributed by atoms with Gasteiger partial charge in [0.05, 0.1) is 6.04 Å². The molecule has 1 aromatic heterocycles. The Labute approximate surface area is 168 Å². The molecule has 4 rings (SSSR count). The SMILES string of the molecule is N#Cc1c(-c2ccc(Cc3ccccc3)cc2)nn(C2CCCN(P)C2)c1N. The summed E-state index contributed by atoms with van der Waals surface area (Å²) >= 11 is 0. The third-order valence-corrected chi connectivity index (χ3v) is 5.78. The molecule has 142 valence electrons. The van der Waals surface area contributed by atoms with Crippen LogP contribution < -0.4 is 5.73 Å². The quantitative estimate of drug-likeness (QED) is 0.684. The molecule has 3 aromatic rings. The normalized spacial score (nSPS) is 17.4. The van der Waals surface area contributed by atoms with Gasteiger partial charge in [-0.25, -0.2) is 4.68 Å². The van der Waals surface area contributed by atoms with Crippen molar-refractivity contribution in [3.8, 4) is 17.3 Å². The minimum atomic E-state index is 0.199. The van der Waals surface area contributed by atoms with E-state index in [1.165, 1.54) is 11.1 Å². The number of nitriles is 1. The van der Waals surface area contributed by atoms with Crippen molar-refractivity contribution in [1.29, 1.82) is 5.26 Å². The molecule has 1 aliphatic rings. The van der Waals surface area contributed by atoms with E-state index >= 15 is 0 Å². The molecule has 2 N–H and O–H groups in total. The molecule has 0 spiro atoms. The second-order valence-electron chi connectivity index (χ2n) is 7.32.